The molecule has 0 aliphatic heterocycles. The van der Waals surface area contributed by atoms with Gasteiger partial charge in [-0.3, -0.25) is 4.79 Å². The molecule has 1 rings (SSSR count). The first-order chi connectivity index (χ1) is 7.63. The zero-order valence-electron chi connectivity index (χ0n) is 9.15. The van der Waals surface area contributed by atoms with Crippen molar-refractivity contribution in [2.24, 2.45) is 0 Å². The number of carbonyl (C=O) groups excluding carboxylic acids is 2. The van der Waals surface area contributed by atoms with Crippen molar-refractivity contribution in [1.29, 1.82) is 0 Å². The highest BCUT2D eigenvalue weighted by molar-refractivity contribution is 5.93. The predicted octanol–water partition coefficient (Wildman–Crippen LogP) is 1.02. The SMILES string of the molecule is COC(=O)/C(=C/Cc1ccco1)NC(C)=O. The lowest BCUT2D eigenvalue weighted by molar-refractivity contribution is -0.137. The average Bonchev–Trinajstić information content (AvgIpc) is 2.75. The number of amides is 1. The molecule has 1 aromatic heterocycles. The molecule has 5 nitrogen and oxygen atoms in total. The third-order valence-corrected chi connectivity index (χ3v) is 1.80. The number of hydrogen-bond acceptors (Lipinski definition) is 4. The highest BCUT2D eigenvalue weighted by Crippen LogP contribution is 2.04. The Balaban J connectivity index is 2.71. The van der Waals surface area contributed by atoms with Crippen LogP contribution in [0.5, 0.6) is 0 Å². The highest BCUT2D eigenvalue weighted by atomic mass is 16.5. The van der Waals surface area contributed by atoms with Gasteiger partial charge in [-0.05, 0) is 18.2 Å². The lowest BCUT2D eigenvalue weighted by Gasteiger charge is -2.04. The fourth-order valence-corrected chi connectivity index (χ4v) is 1.12. The normalized spacial score (nSPS) is 11.0. The molecule has 0 saturated carbocycles. The van der Waals surface area contributed by atoms with Crippen molar-refractivity contribution in [2.75, 3.05) is 7.11 Å². The second kappa shape index (κ2) is 5.75. The summed E-state index contributed by atoms with van der Waals surface area (Å²) < 4.78 is 9.62. The van der Waals surface area contributed by atoms with E-state index in [-0.39, 0.29) is 11.6 Å². The molecule has 0 fully saturated rings. The van der Waals surface area contributed by atoms with Gasteiger partial charge in [-0.1, -0.05) is 0 Å². The summed E-state index contributed by atoms with van der Waals surface area (Å²) in [7, 11) is 1.25. The maximum atomic E-state index is 11.3. The minimum absolute atomic E-state index is 0.117. The Labute approximate surface area is 93.1 Å². The summed E-state index contributed by atoms with van der Waals surface area (Å²) in [5.41, 5.74) is 0.117. The molecule has 0 aliphatic rings. The standard InChI is InChI=1S/C11H13NO4/c1-8(13)12-10(11(14)15-2)6-5-9-4-3-7-16-9/h3-4,6-7H,5H2,1-2H3,(H,12,13)/b10-6-. The molecule has 0 bridgehead atoms. The quantitative estimate of drug-likeness (QED) is 0.611. The van der Waals surface area contributed by atoms with Crippen molar-refractivity contribution in [2.45, 2.75) is 13.3 Å². The molecule has 0 saturated heterocycles. The zero-order valence-corrected chi connectivity index (χ0v) is 9.15. The van der Waals surface area contributed by atoms with Crippen LogP contribution in [0.25, 0.3) is 0 Å². The number of carbonyl (C=O) groups is 2. The minimum atomic E-state index is -0.582. The Hall–Kier alpha value is -2.04. The molecular weight excluding hydrogens is 210 g/mol. The minimum Gasteiger partial charge on any atom is -0.469 e. The van der Waals surface area contributed by atoms with E-state index in [4.69, 9.17) is 4.42 Å². The van der Waals surface area contributed by atoms with Gasteiger partial charge in [-0.2, -0.15) is 0 Å². The predicted molar refractivity (Wildman–Crippen MR) is 56.3 cm³/mol. The molecule has 1 amide bonds. The van der Waals surface area contributed by atoms with Crippen LogP contribution < -0.4 is 5.32 Å². The molecule has 0 unspecified atom stereocenters. The summed E-state index contributed by atoms with van der Waals surface area (Å²) in [6.07, 6.45) is 3.50. The molecular formula is C11H13NO4. The number of furan rings is 1. The number of hydrogen-bond donors (Lipinski definition) is 1. The topological polar surface area (TPSA) is 68.5 Å². The second-order valence-electron chi connectivity index (χ2n) is 3.07. The van der Waals surface area contributed by atoms with E-state index < -0.39 is 5.97 Å². The fourth-order valence-electron chi connectivity index (χ4n) is 1.12. The number of ether oxygens (including phenoxy) is 1. The van der Waals surface area contributed by atoms with E-state index in [1.54, 1.807) is 24.5 Å². The van der Waals surface area contributed by atoms with Crippen molar-refractivity contribution in [1.82, 2.24) is 5.32 Å². The Morgan fingerprint density at radius 1 is 1.56 bits per heavy atom. The molecule has 0 radical (unpaired) electrons. The Morgan fingerprint density at radius 3 is 2.81 bits per heavy atom. The first kappa shape index (κ1) is 12.0. The van der Waals surface area contributed by atoms with Crippen LogP contribution in [-0.2, 0) is 20.7 Å². The summed E-state index contributed by atoms with van der Waals surface area (Å²) in [5.74, 6) is -0.204. The van der Waals surface area contributed by atoms with E-state index >= 15 is 0 Å². The lowest BCUT2D eigenvalue weighted by atomic mass is 10.2. The van der Waals surface area contributed by atoms with Gasteiger partial charge in [-0.15, -0.1) is 0 Å². The average molecular weight is 223 g/mol. The molecule has 16 heavy (non-hydrogen) atoms. The van der Waals surface area contributed by atoms with Crippen molar-refractivity contribution >= 4 is 11.9 Å². The van der Waals surface area contributed by atoms with Crippen LogP contribution in [0.2, 0.25) is 0 Å². The van der Waals surface area contributed by atoms with E-state index in [1.165, 1.54) is 14.0 Å². The van der Waals surface area contributed by atoms with Crippen LogP contribution in [-0.4, -0.2) is 19.0 Å². The summed E-state index contributed by atoms with van der Waals surface area (Å²) in [6.45, 7) is 1.32. The van der Waals surface area contributed by atoms with Crippen LogP contribution in [0, 0.1) is 0 Å². The van der Waals surface area contributed by atoms with Gasteiger partial charge in [0.15, 0.2) is 0 Å². The largest absolute Gasteiger partial charge is 0.469 e. The fraction of sp³-hybridized carbons (Fsp3) is 0.273. The number of allylic oxidation sites excluding steroid dienone is 1. The highest BCUT2D eigenvalue weighted by Gasteiger charge is 2.10. The second-order valence-corrected chi connectivity index (χ2v) is 3.07. The maximum absolute atomic E-state index is 11.3. The maximum Gasteiger partial charge on any atom is 0.354 e. The summed E-state index contributed by atoms with van der Waals surface area (Å²) in [6, 6.07) is 3.53. The monoisotopic (exact) mass is 223 g/mol. The Bertz CT molecular complexity index is 392. The van der Waals surface area contributed by atoms with Crippen LogP contribution >= 0.6 is 0 Å². The van der Waals surface area contributed by atoms with Gasteiger partial charge in [0, 0.05) is 13.3 Å². The molecule has 0 spiro atoms. The van der Waals surface area contributed by atoms with Gasteiger partial charge >= 0.3 is 5.97 Å². The van der Waals surface area contributed by atoms with Gasteiger partial charge in [0.05, 0.1) is 13.4 Å². The van der Waals surface area contributed by atoms with Crippen molar-refractivity contribution in [3.63, 3.8) is 0 Å². The summed E-state index contributed by atoms with van der Waals surface area (Å²) in [5, 5.41) is 2.40. The molecule has 5 heteroatoms. The van der Waals surface area contributed by atoms with E-state index in [0.29, 0.717) is 12.2 Å². The molecule has 1 N–H and O–H groups in total. The first-order valence-corrected chi connectivity index (χ1v) is 4.72. The zero-order chi connectivity index (χ0) is 12.0. The van der Waals surface area contributed by atoms with Gasteiger partial charge in [0.25, 0.3) is 0 Å². The van der Waals surface area contributed by atoms with Gasteiger partial charge in [0.2, 0.25) is 5.91 Å². The molecule has 0 aromatic carbocycles. The Kier molecular flexibility index (Phi) is 4.32. The number of nitrogens with one attached hydrogen (secondary N) is 1. The smallest absolute Gasteiger partial charge is 0.354 e. The Morgan fingerprint density at radius 2 is 2.31 bits per heavy atom. The van der Waals surface area contributed by atoms with Gasteiger partial charge < -0.3 is 14.5 Å². The summed E-state index contributed by atoms with van der Waals surface area (Å²) >= 11 is 0. The summed E-state index contributed by atoms with van der Waals surface area (Å²) in [4.78, 5) is 22.1. The third-order valence-electron chi connectivity index (χ3n) is 1.80. The molecule has 0 aliphatic carbocycles. The van der Waals surface area contributed by atoms with E-state index in [2.05, 4.69) is 10.1 Å². The van der Waals surface area contributed by atoms with Crippen LogP contribution in [0.3, 0.4) is 0 Å². The van der Waals surface area contributed by atoms with Crippen LogP contribution in [0.1, 0.15) is 12.7 Å². The lowest BCUT2D eigenvalue weighted by Crippen LogP contribution is -2.25. The molecule has 1 heterocycles. The van der Waals surface area contributed by atoms with Crippen LogP contribution in [0.4, 0.5) is 0 Å². The van der Waals surface area contributed by atoms with Gasteiger partial charge in [0.1, 0.15) is 11.5 Å². The molecule has 86 valence electrons. The van der Waals surface area contributed by atoms with Gasteiger partial charge in [-0.25, -0.2) is 4.79 Å². The van der Waals surface area contributed by atoms with E-state index in [1.807, 2.05) is 0 Å². The van der Waals surface area contributed by atoms with Crippen molar-refractivity contribution < 1.29 is 18.7 Å². The van der Waals surface area contributed by atoms with E-state index in [0.717, 1.165) is 0 Å². The number of esters is 1. The number of methoxy groups -OCH3 is 1. The van der Waals surface area contributed by atoms with Crippen molar-refractivity contribution in [3.8, 4) is 0 Å². The third kappa shape index (κ3) is 3.61. The molecule has 1 aromatic rings. The molecule has 0 atom stereocenters. The number of rotatable bonds is 4. The van der Waals surface area contributed by atoms with Crippen molar-refractivity contribution in [3.05, 3.63) is 35.9 Å². The van der Waals surface area contributed by atoms with Crippen LogP contribution in [0.15, 0.2) is 34.6 Å². The van der Waals surface area contributed by atoms with E-state index in [9.17, 15) is 9.59 Å². The first-order valence-electron chi connectivity index (χ1n) is 4.72.